The van der Waals surface area contributed by atoms with Crippen molar-refractivity contribution in [3.63, 3.8) is 0 Å². The number of nitrogens with two attached hydrogens (primary N) is 1. The molecule has 20 heavy (non-hydrogen) atoms. The molecule has 0 saturated heterocycles. The Kier molecular flexibility index (Phi) is 5.76. The quantitative estimate of drug-likeness (QED) is 0.790. The van der Waals surface area contributed by atoms with E-state index in [1.807, 2.05) is 18.2 Å². The summed E-state index contributed by atoms with van der Waals surface area (Å²) in [6.45, 7) is 5.89. The smallest absolute Gasteiger partial charge is 0.138 e. The first-order chi connectivity index (χ1) is 9.74. The maximum Gasteiger partial charge on any atom is 0.138 e. The Morgan fingerprint density at radius 1 is 1.25 bits per heavy atom. The zero-order chi connectivity index (χ0) is 14.4. The molecule has 0 aromatic carbocycles. The molecule has 5 heteroatoms. The Labute approximate surface area is 128 Å². The summed E-state index contributed by atoms with van der Waals surface area (Å²) in [5.74, 6) is 0.946. The highest BCUT2D eigenvalue weighted by Crippen LogP contribution is 2.14. The molecule has 2 heterocycles. The summed E-state index contributed by atoms with van der Waals surface area (Å²) in [5.41, 5.74) is 6.90. The van der Waals surface area contributed by atoms with E-state index < -0.39 is 0 Å². The van der Waals surface area contributed by atoms with E-state index in [9.17, 15) is 0 Å². The lowest BCUT2D eigenvalue weighted by Gasteiger charge is -2.19. The molecule has 0 saturated carbocycles. The molecule has 108 valence electrons. The molecule has 2 rings (SSSR count). The van der Waals surface area contributed by atoms with Gasteiger partial charge in [-0.2, -0.15) is 0 Å². The number of aromatic nitrogens is 2. The van der Waals surface area contributed by atoms with Crippen LogP contribution in [0.25, 0.3) is 5.82 Å². The minimum Gasteiger partial charge on any atom is -0.329 e. The van der Waals surface area contributed by atoms with Gasteiger partial charge in [0.15, 0.2) is 0 Å². The highest BCUT2D eigenvalue weighted by molar-refractivity contribution is 9.10. The Morgan fingerprint density at radius 3 is 2.80 bits per heavy atom. The molecule has 0 aliphatic heterocycles. The first-order valence-electron chi connectivity index (χ1n) is 6.96. The zero-order valence-corrected chi connectivity index (χ0v) is 13.4. The summed E-state index contributed by atoms with van der Waals surface area (Å²) >= 11 is 3.42. The van der Waals surface area contributed by atoms with Gasteiger partial charge in [0.25, 0.3) is 0 Å². The van der Waals surface area contributed by atoms with Gasteiger partial charge < -0.3 is 15.2 Å². The number of halogens is 1. The predicted molar refractivity (Wildman–Crippen MR) is 86.1 cm³/mol. The average Bonchev–Trinajstić information content (AvgIpc) is 2.92. The van der Waals surface area contributed by atoms with Gasteiger partial charge in [-0.25, -0.2) is 4.98 Å². The Morgan fingerprint density at radius 2 is 2.10 bits per heavy atom. The van der Waals surface area contributed by atoms with Crippen molar-refractivity contribution < 1.29 is 0 Å². The summed E-state index contributed by atoms with van der Waals surface area (Å²) in [7, 11) is 0. The van der Waals surface area contributed by atoms with Gasteiger partial charge >= 0.3 is 0 Å². The molecule has 0 unspecified atom stereocenters. The normalized spacial score (nSPS) is 11.2. The van der Waals surface area contributed by atoms with Crippen molar-refractivity contribution in [1.82, 2.24) is 14.5 Å². The minimum absolute atomic E-state index is 0.710. The molecule has 0 fully saturated rings. The number of hydrogen-bond donors (Lipinski definition) is 1. The van der Waals surface area contributed by atoms with Crippen molar-refractivity contribution in [2.24, 2.45) is 5.73 Å². The molecule has 0 amide bonds. The molecule has 0 aliphatic carbocycles. The van der Waals surface area contributed by atoms with Gasteiger partial charge in [-0.1, -0.05) is 13.0 Å². The fourth-order valence-corrected chi connectivity index (χ4v) is 2.59. The lowest BCUT2D eigenvalue weighted by molar-refractivity contribution is 0.298. The lowest BCUT2D eigenvalue weighted by Crippen LogP contribution is -2.31. The van der Waals surface area contributed by atoms with Gasteiger partial charge in [-0.15, -0.1) is 0 Å². The van der Waals surface area contributed by atoms with Crippen LogP contribution in [-0.4, -0.2) is 40.6 Å². The standard InChI is InChI=1S/C15H21BrN4/c1-2-19(12-9-17)11-8-13-5-4-10-20(13)15-7-3-6-14(16)18-15/h3-7,10H,2,8-9,11-12,17H2,1H3. The van der Waals surface area contributed by atoms with E-state index in [1.54, 1.807) is 0 Å². The van der Waals surface area contributed by atoms with E-state index in [1.165, 1.54) is 5.69 Å². The van der Waals surface area contributed by atoms with Crippen molar-refractivity contribution in [2.45, 2.75) is 13.3 Å². The van der Waals surface area contributed by atoms with E-state index in [0.717, 1.165) is 36.5 Å². The molecule has 2 aromatic heterocycles. The second-order valence-corrected chi connectivity index (χ2v) is 5.47. The number of hydrogen-bond acceptors (Lipinski definition) is 3. The summed E-state index contributed by atoms with van der Waals surface area (Å²) in [6, 6.07) is 10.2. The minimum atomic E-state index is 0.710. The molecule has 0 aliphatic rings. The topological polar surface area (TPSA) is 47.1 Å². The summed E-state index contributed by atoms with van der Waals surface area (Å²) in [4.78, 5) is 6.87. The highest BCUT2D eigenvalue weighted by Gasteiger charge is 2.07. The van der Waals surface area contributed by atoms with Crippen LogP contribution in [0, 0.1) is 0 Å². The monoisotopic (exact) mass is 336 g/mol. The van der Waals surface area contributed by atoms with Gasteiger partial charge in [-0.05, 0) is 46.7 Å². The largest absolute Gasteiger partial charge is 0.329 e. The van der Waals surface area contributed by atoms with Gasteiger partial charge in [0.2, 0.25) is 0 Å². The fourth-order valence-electron chi connectivity index (χ4n) is 2.26. The van der Waals surface area contributed by atoms with Crippen LogP contribution >= 0.6 is 15.9 Å². The van der Waals surface area contributed by atoms with Gasteiger partial charge in [0, 0.05) is 37.9 Å². The Balaban J connectivity index is 2.09. The van der Waals surface area contributed by atoms with Crippen LogP contribution in [0.5, 0.6) is 0 Å². The van der Waals surface area contributed by atoms with Crippen LogP contribution in [0.15, 0.2) is 41.1 Å². The molecule has 2 aromatic rings. The van der Waals surface area contributed by atoms with E-state index in [-0.39, 0.29) is 0 Å². The lowest BCUT2D eigenvalue weighted by atomic mass is 10.3. The average molecular weight is 337 g/mol. The van der Waals surface area contributed by atoms with E-state index in [0.29, 0.717) is 6.54 Å². The number of rotatable bonds is 7. The molecule has 0 radical (unpaired) electrons. The molecule has 2 N–H and O–H groups in total. The molecule has 0 bridgehead atoms. The Bertz CT molecular complexity index is 538. The van der Waals surface area contributed by atoms with Gasteiger partial charge in [0.1, 0.15) is 10.4 Å². The maximum atomic E-state index is 5.63. The van der Waals surface area contributed by atoms with E-state index in [2.05, 4.69) is 55.6 Å². The highest BCUT2D eigenvalue weighted by atomic mass is 79.9. The van der Waals surface area contributed by atoms with Crippen LogP contribution in [0.4, 0.5) is 0 Å². The second kappa shape index (κ2) is 7.57. The van der Waals surface area contributed by atoms with Crippen molar-refractivity contribution in [3.05, 3.63) is 46.8 Å². The molecular formula is C15H21BrN4. The van der Waals surface area contributed by atoms with Gasteiger partial charge in [-0.3, -0.25) is 0 Å². The Hall–Kier alpha value is -1.17. The summed E-state index contributed by atoms with van der Waals surface area (Å²) < 4.78 is 2.99. The van der Waals surface area contributed by atoms with Crippen LogP contribution in [0.2, 0.25) is 0 Å². The third-order valence-corrected chi connectivity index (χ3v) is 3.80. The molecule has 0 atom stereocenters. The van der Waals surface area contributed by atoms with Gasteiger partial charge in [0.05, 0.1) is 0 Å². The molecule has 4 nitrogen and oxygen atoms in total. The van der Waals surface area contributed by atoms with Crippen LogP contribution in [-0.2, 0) is 6.42 Å². The van der Waals surface area contributed by atoms with Crippen LogP contribution < -0.4 is 5.73 Å². The third kappa shape index (κ3) is 3.91. The maximum absolute atomic E-state index is 5.63. The first-order valence-corrected chi connectivity index (χ1v) is 7.75. The van der Waals surface area contributed by atoms with Crippen LogP contribution in [0.1, 0.15) is 12.6 Å². The summed E-state index contributed by atoms with van der Waals surface area (Å²) in [6.07, 6.45) is 3.05. The number of pyridine rings is 1. The predicted octanol–water partition coefficient (Wildman–Crippen LogP) is 2.46. The van der Waals surface area contributed by atoms with Crippen LogP contribution in [0.3, 0.4) is 0 Å². The van der Waals surface area contributed by atoms with Crippen molar-refractivity contribution in [1.29, 1.82) is 0 Å². The molecular weight excluding hydrogens is 316 g/mol. The van der Waals surface area contributed by atoms with Crippen molar-refractivity contribution in [2.75, 3.05) is 26.2 Å². The van der Waals surface area contributed by atoms with E-state index in [4.69, 9.17) is 5.73 Å². The first kappa shape index (κ1) is 15.2. The number of nitrogens with zero attached hydrogens (tertiary/aromatic N) is 3. The number of likely N-dealkylation sites (N-methyl/N-ethyl adjacent to an activating group) is 1. The third-order valence-electron chi connectivity index (χ3n) is 3.36. The second-order valence-electron chi connectivity index (χ2n) is 4.66. The fraction of sp³-hybridized carbons (Fsp3) is 0.400. The van der Waals surface area contributed by atoms with Crippen molar-refractivity contribution in [3.8, 4) is 5.82 Å². The molecule has 0 spiro atoms. The van der Waals surface area contributed by atoms with Crippen molar-refractivity contribution >= 4 is 15.9 Å². The zero-order valence-electron chi connectivity index (χ0n) is 11.8. The summed E-state index contributed by atoms with van der Waals surface area (Å²) in [5, 5.41) is 0. The SMILES string of the molecule is CCN(CCN)CCc1cccn1-c1cccc(Br)n1. The van der Waals surface area contributed by atoms with E-state index >= 15 is 0 Å².